The number of likely N-dealkylation sites (N-methyl/N-ethyl adjacent to an activating group) is 1. The van der Waals surface area contributed by atoms with Gasteiger partial charge in [0.05, 0.1) is 11.6 Å². The molecule has 2 rings (SSSR count). The van der Waals surface area contributed by atoms with Gasteiger partial charge in [0.1, 0.15) is 5.82 Å². The Balaban J connectivity index is 2.08. The minimum Gasteiger partial charge on any atom is -0.381 e. The van der Waals surface area contributed by atoms with E-state index >= 15 is 0 Å². The molecule has 0 amide bonds. The molecule has 1 aliphatic rings. The summed E-state index contributed by atoms with van der Waals surface area (Å²) in [6.07, 6.45) is 2.25. The largest absolute Gasteiger partial charge is 0.381 e. The Hall–Kier alpha value is -0.680. The highest BCUT2D eigenvalue weighted by atomic mass is 35.5. The van der Waals surface area contributed by atoms with Crippen molar-refractivity contribution < 1.29 is 9.13 Å². The summed E-state index contributed by atoms with van der Waals surface area (Å²) in [4.78, 5) is 2.11. The molecule has 1 saturated heterocycles. The molecular formula is C15H22ClFN2O. The van der Waals surface area contributed by atoms with Crippen LogP contribution in [0.2, 0.25) is 5.02 Å². The number of hydrogen-bond acceptors (Lipinski definition) is 3. The Morgan fingerprint density at radius 1 is 1.55 bits per heavy atom. The molecule has 0 saturated carbocycles. The molecule has 1 aliphatic heterocycles. The molecule has 0 bridgehead atoms. The molecule has 5 heteroatoms. The molecule has 2 unspecified atom stereocenters. The van der Waals surface area contributed by atoms with E-state index in [2.05, 4.69) is 4.90 Å². The third-order valence-corrected chi connectivity index (χ3v) is 4.19. The molecule has 2 N–H and O–H groups in total. The fraction of sp³-hybridized carbons (Fsp3) is 0.600. The highest BCUT2D eigenvalue weighted by Crippen LogP contribution is 2.27. The summed E-state index contributed by atoms with van der Waals surface area (Å²) in [7, 11) is 1.98. The summed E-state index contributed by atoms with van der Waals surface area (Å²) < 4.78 is 19.6. The zero-order chi connectivity index (χ0) is 14.5. The molecule has 112 valence electrons. The lowest BCUT2D eigenvalue weighted by molar-refractivity contribution is 0.0363. The number of ether oxygens (including phenoxy) is 1. The molecule has 0 spiro atoms. The summed E-state index contributed by atoms with van der Waals surface area (Å²) in [6, 6.07) is 4.92. The fourth-order valence-electron chi connectivity index (χ4n) is 2.81. The molecule has 1 aromatic rings. The third kappa shape index (κ3) is 3.70. The monoisotopic (exact) mass is 300 g/mol. The lowest BCUT2D eigenvalue weighted by Crippen LogP contribution is -2.37. The first kappa shape index (κ1) is 15.7. The quantitative estimate of drug-likeness (QED) is 0.909. The Kier molecular flexibility index (Phi) is 5.78. The number of hydrogen-bond donors (Lipinski definition) is 1. The maximum absolute atomic E-state index is 14.1. The first-order valence-corrected chi connectivity index (χ1v) is 7.43. The molecule has 0 aromatic heterocycles. The molecule has 0 aliphatic carbocycles. The lowest BCUT2D eigenvalue weighted by Gasteiger charge is -2.32. The average molecular weight is 301 g/mol. The van der Waals surface area contributed by atoms with Crippen LogP contribution in [0.15, 0.2) is 18.2 Å². The van der Waals surface area contributed by atoms with Crippen LogP contribution in [-0.4, -0.2) is 38.3 Å². The van der Waals surface area contributed by atoms with Crippen LogP contribution < -0.4 is 5.73 Å². The van der Waals surface area contributed by atoms with Gasteiger partial charge in [-0.3, -0.25) is 4.90 Å². The zero-order valence-electron chi connectivity index (χ0n) is 11.8. The van der Waals surface area contributed by atoms with Crippen molar-refractivity contribution in [2.75, 3.05) is 33.4 Å². The van der Waals surface area contributed by atoms with Crippen molar-refractivity contribution in [1.82, 2.24) is 4.90 Å². The minimum atomic E-state index is -0.364. The Morgan fingerprint density at radius 2 is 2.35 bits per heavy atom. The first-order chi connectivity index (χ1) is 9.63. The van der Waals surface area contributed by atoms with Crippen LogP contribution in [0, 0.1) is 11.7 Å². The van der Waals surface area contributed by atoms with Gasteiger partial charge in [-0.25, -0.2) is 4.39 Å². The van der Waals surface area contributed by atoms with Gasteiger partial charge in [0, 0.05) is 31.3 Å². The van der Waals surface area contributed by atoms with Gasteiger partial charge in [0.25, 0.3) is 0 Å². The topological polar surface area (TPSA) is 38.5 Å². The predicted octanol–water partition coefficient (Wildman–Crippen LogP) is 2.84. The van der Waals surface area contributed by atoms with Gasteiger partial charge in [0.2, 0.25) is 0 Å². The van der Waals surface area contributed by atoms with E-state index < -0.39 is 0 Å². The predicted molar refractivity (Wildman–Crippen MR) is 79.4 cm³/mol. The second-order valence-corrected chi connectivity index (χ2v) is 5.82. The van der Waals surface area contributed by atoms with Crippen LogP contribution in [0.3, 0.4) is 0 Å². The molecule has 1 aromatic carbocycles. The maximum atomic E-state index is 14.1. The van der Waals surface area contributed by atoms with Crippen LogP contribution in [0.1, 0.15) is 24.4 Å². The van der Waals surface area contributed by atoms with Crippen LogP contribution in [-0.2, 0) is 4.74 Å². The first-order valence-electron chi connectivity index (χ1n) is 7.05. The van der Waals surface area contributed by atoms with Gasteiger partial charge in [-0.1, -0.05) is 23.7 Å². The van der Waals surface area contributed by atoms with Crippen molar-refractivity contribution >= 4 is 11.6 Å². The van der Waals surface area contributed by atoms with Gasteiger partial charge >= 0.3 is 0 Å². The molecule has 3 nitrogen and oxygen atoms in total. The number of nitrogens with zero attached hydrogens (tertiary/aromatic N) is 1. The average Bonchev–Trinajstić information content (AvgIpc) is 2.45. The van der Waals surface area contributed by atoms with Crippen molar-refractivity contribution in [1.29, 1.82) is 0 Å². The number of benzene rings is 1. The van der Waals surface area contributed by atoms with Crippen LogP contribution in [0.4, 0.5) is 4.39 Å². The molecule has 2 atom stereocenters. The van der Waals surface area contributed by atoms with Crippen molar-refractivity contribution in [3.05, 3.63) is 34.6 Å². The summed E-state index contributed by atoms with van der Waals surface area (Å²) in [5.41, 5.74) is 6.42. The Bertz CT molecular complexity index is 438. The van der Waals surface area contributed by atoms with Crippen LogP contribution in [0.5, 0.6) is 0 Å². The standard InChI is InChI=1S/C15H22ClFN2O/c1-19(9-11-4-3-7-20-10-11)14(8-18)12-5-2-6-13(16)15(12)17/h2,5-6,11,14H,3-4,7-10,18H2,1H3. The summed E-state index contributed by atoms with van der Waals surface area (Å²) in [5.74, 6) is 0.126. The van der Waals surface area contributed by atoms with E-state index in [1.165, 1.54) is 0 Å². The van der Waals surface area contributed by atoms with Gasteiger partial charge in [-0.15, -0.1) is 0 Å². The highest BCUT2D eigenvalue weighted by molar-refractivity contribution is 6.30. The normalized spacial score (nSPS) is 21.1. The van der Waals surface area contributed by atoms with Crippen LogP contribution >= 0.6 is 11.6 Å². The number of rotatable bonds is 5. The number of halogens is 2. The summed E-state index contributed by atoms with van der Waals surface area (Å²) >= 11 is 5.86. The maximum Gasteiger partial charge on any atom is 0.146 e. The smallest absolute Gasteiger partial charge is 0.146 e. The van der Waals surface area contributed by atoms with Gasteiger partial charge in [-0.05, 0) is 31.9 Å². The third-order valence-electron chi connectivity index (χ3n) is 3.90. The lowest BCUT2D eigenvalue weighted by atomic mass is 9.99. The van der Waals surface area contributed by atoms with Crippen molar-refractivity contribution in [2.45, 2.75) is 18.9 Å². The van der Waals surface area contributed by atoms with Crippen molar-refractivity contribution in [3.8, 4) is 0 Å². The second-order valence-electron chi connectivity index (χ2n) is 5.42. The number of nitrogens with two attached hydrogens (primary N) is 1. The van der Waals surface area contributed by atoms with E-state index in [1.807, 2.05) is 7.05 Å². The SMILES string of the molecule is CN(CC1CCCOC1)C(CN)c1cccc(Cl)c1F. The zero-order valence-corrected chi connectivity index (χ0v) is 12.6. The molecule has 1 fully saturated rings. The molecule has 20 heavy (non-hydrogen) atoms. The van der Waals surface area contributed by atoms with E-state index in [0.29, 0.717) is 18.0 Å². The van der Waals surface area contributed by atoms with Gasteiger partial charge in [0.15, 0.2) is 0 Å². The molecule has 0 radical (unpaired) electrons. The second kappa shape index (κ2) is 7.36. The van der Waals surface area contributed by atoms with Crippen molar-refractivity contribution in [2.24, 2.45) is 11.7 Å². The Labute approximate surface area is 124 Å². The van der Waals surface area contributed by atoms with Crippen molar-refractivity contribution in [3.63, 3.8) is 0 Å². The van der Waals surface area contributed by atoms with E-state index in [0.717, 1.165) is 32.6 Å². The fourth-order valence-corrected chi connectivity index (χ4v) is 2.99. The van der Waals surface area contributed by atoms with Gasteiger partial charge < -0.3 is 10.5 Å². The summed E-state index contributed by atoms with van der Waals surface area (Å²) in [5, 5.41) is 0.148. The molecular weight excluding hydrogens is 279 g/mol. The molecule has 1 heterocycles. The minimum absolute atomic E-state index is 0.148. The highest BCUT2D eigenvalue weighted by Gasteiger charge is 2.24. The van der Waals surface area contributed by atoms with E-state index in [1.54, 1.807) is 18.2 Å². The van der Waals surface area contributed by atoms with E-state index in [-0.39, 0.29) is 16.9 Å². The van der Waals surface area contributed by atoms with E-state index in [9.17, 15) is 4.39 Å². The van der Waals surface area contributed by atoms with Gasteiger partial charge in [-0.2, -0.15) is 0 Å². The Morgan fingerprint density at radius 3 is 3.00 bits per heavy atom. The summed E-state index contributed by atoms with van der Waals surface area (Å²) in [6.45, 7) is 2.85. The van der Waals surface area contributed by atoms with Crippen LogP contribution in [0.25, 0.3) is 0 Å². The van der Waals surface area contributed by atoms with E-state index in [4.69, 9.17) is 22.1 Å².